The van der Waals surface area contributed by atoms with Gasteiger partial charge in [0.25, 0.3) is 0 Å². The lowest BCUT2D eigenvalue weighted by Crippen LogP contribution is -2.12. The number of amidine groups is 2. The number of hydrogen-bond acceptors (Lipinski definition) is 2. The number of nitrogens with zero attached hydrogens (tertiary/aromatic N) is 1. The number of fused-ring (bicyclic) bond motifs is 1. The first-order chi connectivity index (χ1) is 13.2. The van der Waals surface area contributed by atoms with Gasteiger partial charge < -0.3 is 5.73 Å². The number of nitrogens with two attached hydrogens (primary N) is 1. The summed E-state index contributed by atoms with van der Waals surface area (Å²) in [5, 5.41) is 8.08. The van der Waals surface area contributed by atoms with Gasteiger partial charge >= 0.3 is 0 Å². The third-order valence-corrected chi connectivity index (χ3v) is 5.70. The molecular formula is C24H39N3. The van der Waals surface area contributed by atoms with Crippen molar-refractivity contribution in [1.29, 1.82) is 5.41 Å². The number of aliphatic imine (C=N–C) groups is 1. The molecule has 3 heteroatoms. The second-order valence-corrected chi connectivity index (χ2v) is 8.05. The molecular weight excluding hydrogens is 330 g/mol. The van der Waals surface area contributed by atoms with Crippen LogP contribution in [0.25, 0.3) is 0 Å². The van der Waals surface area contributed by atoms with Gasteiger partial charge in [0, 0.05) is 11.1 Å². The van der Waals surface area contributed by atoms with Crippen LogP contribution in [0.1, 0.15) is 113 Å². The molecule has 27 heavy (non-hydrogen) atoms. The first kappa shape index (κ1) is 21.7. The van der Waals surface area contributed by atoms with E-state index in [1.54, 1.807) is 0 Å². The number of benzene rings is 1. The highest BCUT2D eigenvalue weighted by Crippen LogP contribution is 2.25. The van der Waals surface area contributed by atoms with Crippen LogP contribution in [0.4, 0.5) is 0 Å². The Morgan fingerprint density at radius 2 is 1.15 bits per heavy atom. The second-order valence-electron chi connectivity index (χ2n) is 8.05. The van der Waals surface area contributed by atoms with Gasteiger partial charge in [-0.3, -0.25) is 5.41 Å². The van der Waals surface area contributed by atoms with Gasteiger partial charge in [0.2, 0.25) is 0 Å². The highest BCUT2D eigenvalue weighted by atomic mass is 14.9. The first-order valence-electron chi connectivity index (χ1n) is 11.3. The van der Waals surface area contributed by atoms with Crippen molar-refractivity contribution in [1.82, 2.24) is 0 Å². The van der Waals surface area contributed by atoms with Gasteiger partial charge in [-0.25, -0.2) is 4.99 Å². The number of aryl methyl sites for hydroxylation is 2. The molecule has 1 aliphatic heterocycles. The number of rotatable bonds is 14. The van der Waals surface area contributed by atoms with Crippen LogP contribution in [-0.4, -0.2) is 11.7 Å². The van der Waals surface area contributed by atoms with Crippen LogP contribution in [-0.2, 0) is 12.8 Å². The van der Waals surface area contributed by atoms with E-state index in [0.29, 0.717) is 11.7 Å². The third-order valence-electron chi connectivity index (χ3n) is 5.70. The van der Waals surface area contributed by atoms with Crippen LogP contribution < -0.4 is 5.73 Å². The molecule has 0 unspecified atom stereocenters. The predicted octanol–water partition coefficient (Wildman–Crippen LogP) is 6.54. The summed E-state index contributed by atoms with van der Waals surface area (Å²) < 4.78 is 0. The molecule has 0 saturated carbocycles. The Labute approximate surface area is 166 Å². The van der Waals surface area contributed by atoms with Gasteiger partial charge in [-0.1, -0.05) is 78.1 Å². The van der Waals surface area contributed by atoms with E-state index in [-0.39, 0.29) is 0 Å². The molecule has 2 rings (SSSR count). The maximum atomic E-state index is 8.08. The van der Waals surface area contributed by atoms with Crippen LogP contribution in [0.2, 0.25) is 0 Å². The van der Waals surface area contributed by atoms with Crippen LogP contribution >= 0.6 is 0 Å². The summed E-state index contributed by atoms with van der Waals surface area (Å²) in [4.78, 5) is 4.18. The minimum atomic E-state index is 0.331. The highest BCUT2D eigenvalue weighted by Gasteiger charge is 2.20. The minimum absolute atomic E-state index is 0.331. The molecule has 3 N–H and O–H groups in total. The SMILES string of the molecule is CCCCCCCCc1cc2c(cc1CCCCCCCC)C(N)=NC2=N. The topological polar surface area (TPSA) is 62.2 Å². The predicted molar refractivity (Wildman–Crippen MR) is 118 cm³/mol. The number of hydrogen-bond donors (Lipinski definition) is 2. The molecule has 1 heterocycles. The molecule has 3 nitrogen and oxygen atoms in total. The van der Waals surface area contributed by atoms with Gasteiger partial charge in [-0.2, -0.15) is 0 Å². The minimum Gasteiger partial charge on any atom is -0.383 e. The highest BCUT2D eigenvalue weighted by molar-refractivity contribution is 6.21. The molecule has 1 aromatic rings. The van der Waals surface area contributed by atoms with E-state index in [1.807, 2.05) is 0 Å². The van der Waals surface area contributed by atoms with Crippen LogP contribution in [0.5, 0.6) is 0 Å². The second kappa shape index (κ2) is 11.9. The summed E-state index contributed by atoms with van der Waals surface area (Å²) in [6.45, 7) is 4.53. The zero-order valence-corrected chi connectivity index (χ0v) is 17.6. The molecule has 0 saturated heterocycles. The molecule has 0 atom stereocenters. The van der Waals surface area contributed by atoms with Gasteiger partial charge in [0.1, 0.15) is 5.84 Å². The molecule has 0 amide bonds. The molecule has 0 radical (unpaired) electrons. The molecule has 1 aromatic carbocycles. The Morgan fingerprint density at radius 3 is 1.67 bits per heavy atom. The van der Waals surface area contributed by atoms with E-state index < -0.39 is 0 Å². The summed E-state index contributed by atoms with van der Waals surface area (Å²) in [5.74, 6) is 0.850. The van der Waals surface area contributed by atoms with Crippen molar-refractivity contribution in [3.63, 3.8) is 0 Å². The van der Waals surface area contributed by atoms with Crippen molar-refractivity contribution >= 4 is 11.7 Å². The Morgan fingerprint density at radius 1 is 0.704 bits per heavy atom. The average molecular weight is 370 g/mol. The summed E-state index contributed by atoms with van der Waals surface area (Å²) in [6, 6.07) is 4.44. The Kier molecular flexibility index (Phi) is 9.58. The molecule has 0 fully saturated rings. The van der Waals surface area contributed by atoms with Crippen LogP contribution in [0.3, 0.4) is 0 Å². The lowest BCUT2D eigenvalue weighted by atomic mass is 9.92. The smallest absolute Gasteiger partial charge is 0.154 e. The fourth-order valence-corrected chi connectivity index (χ4v) is 4.00. The van der Waals surface area contributed by atoms with E-state index in [9.17, 15) is 0 Å². The van der Waals surface area contributed by atoms with E-state index in [4.69, 9.17) is 11.1 Å². The number of nitrogens with one attached hydrogen (secondary N) is 1. The van der Waals surface area contributed by atoms with Crippen LogP contribution in [0, 0.1) is 5.41 Å². The fourth-order valence-electron chi connectivity index (χ4n) is 4.00. The number of unbranched alkanes of at least 4 members (excludes halogenated alkanes) is 10. The summed E-state index contributed by atoms with van der Waals surface area (Å²) in [6.07, 6.45) is 18.1. The summed E-state index contributed by atoms with van der Waals surface area (Å²) >= 11 is 0. The zero-order valence-electron chi connectivity index (χ0n) is 17.6. The van der Waals surface area contributed by atoms with Crippen molar-refractivity contribution in [2.45, 2.75) is 104 Å². The normalized spacial score (nSPS) is 13.1. The van der Waals surface area contributed by atoms with Gasteiger partial charge in [-0.15, -0.1) is 0 Å². The van der Waals surface area contributed by atoms with E-state index in [2.05, 4.69) is 31.0 Å². The van der Waals surface area contributed by atoms with E-state index in [1.165, 1.54) is 88.2 Å². The quantitative estimate of drug-likeness (QED) is 0.359. The molecule has 150 valence electrons. The van der Waals surface area contributed by atoms with Crippen LogP contribution in [0.15, 0.2) is 17.1 Å². The van der Waals surface area contributed by atoms with Gasteiger partial charge in [0.05, 0.1) is 0 Å². The maximum Gasteiger partial charge on any atom is 0.154 e. The lowest BCUT2D eigenvalue weighted by Gasteiger charge is -2.13. The molecule has 0 aliphatic carbocycles. The van der Waals surface area contributed by atoms with Crippen molar-refractivity contribution in [2.24, 2.45) is 10.7 Å². The average Bonchev–Trinajstić information content (AvgIpc) is 2.94. The lowest BCUT2D eigenvalue weighted by molar-refractivity contribution is 0.599. The monoisotopic (exact) mass is 369 g/mol. The van der Waals surface area contributed by atoms with E-state index in [0.717, 1.165) is 24.0 Å². The maximum absolute atomic E-state index is 8.08. The third kappa shape index (κ3) is 6.79. The fraction of sp³-hybridized carbons (Fsp3) is 0.667. The van der Waals surface area contributed by atoms with Gasteiger partial charge in [0.15, 0.2) is 5.84 Å². The Bertz CT molecular complexity index is 631. The largest absolute Gasteiger partial charge is 0.383 e. The van der Waals surface area contributed by atoms with Crippen molar-refractivity contribution < 1.29 is 0 Å². The molecule has 0 aromatic heterocycles. The van der Waals surface area contributed by atoms with Crippen molar-refractivity contribution in [2.75, 3.05) is 0 Å². The van der Waals surface area contributed by atoms with Crippen molar-refractivity contribution in [3.8, 4) is 0 Å². The van der Waals surface area contributed by atoms with E-state index >= 15 is 0 Å². The molecule has 1 aliphatic rings. The Hall–Kier alpha value is -1.64. The Balaban J connectivity index is 1.95. The van der Waals surface area contributed by atoms with Gasteiger partial charge in [-0.05, 0) is 48.9 Å². The standard InChI is InChI=1S/C24H39N3/c1-3-5-7-9-11-13-15-19-17-21-22(24(26)27-23(21)25)18-20(19)16-14-12-10-8-6-4-2/h17-18H,3-16H2,1-2H3,(H3,25,26,27). The first-order valence-corrected chi connectivity index (χ1v) is 11.3. The molecule has 0 bridgehead atoms. The van der Waals surface area contributed by atoms with Crippen molar-refractivity contribution in [3.05, 3.63) is 34.4 Å². The molecule has 0 spiro atoms. The summed E-state index contributed by atoms with van der Waals surface area (Å²) in [7, 11) is 0. The summed E-state index contributed by atoms with van der Waals surface area (Å²) in [5.41, 5.74) is 10.8. The zero-order chi connectivity index (χ0) is 19.5.